The highest BCUT2D eigenvalue weighted by atomic mass is 16.5. The van der Waals surface area contributed by atoms with Crippen molar-refractivity contribution in [1.29, 1.82) is 0 Å². The van der Waals surface area contributed by atoms with E-state index in [9.17, 15) is 0 Å². The number of unbranched alkanes of at least 4 members (excludes halogenated alkanes) is 8. The van der Waals surface area contributed by atoms with Gasteiger partial charge < -0.3 is 9.84 Å². The van der Waals surface area contributed by atoms with Gasteiger partial charge in [0.1, 0.15) is 0 Å². The fraction of sp³-hybridized carbons (Fsp3) is 0.619. The van der Waals surface area contributed by atoms with Gasteiger partial charge in [0.15, 0.2) is 0 Å². The number of allylic oxidation sites excluding steroid dienone is 1. The fourth-order valence-corrected chi connectivity index (χ4v) is 2.64. The van der Waals surface area contributed by atoms with E-state index in [2.05, 4.69) is 19.1 Å². The monoisotopic (exact) mass is 318 g/mol. The first-order valence-electron chi connectivity index (χ1n) is 9.28. The Hall–Kier alpha value is -1.12. The Morgan fingerprint density at radius 3 is 2.35 bits per heavy atom. The van der Waals surface area contributed by atoms with Gasteiger partial charge >= 0.3 is 0 Å². The number of aliphatic hydroxyl groups is 1. The summed E-state index contributed by atoms with van der Waals surface area (Å²) in [5.41, 5.74) is 2.06. The second kappa shape index (κ2) is 14.5. The van der Waals surface area contributed by atoms with Gasteiger partial charge in [-0.1, -0.05) is 88.3 Å². The molecule has 0 aromatic heterocycles. The molecule has 1 aromatic carbocycles. The second-order valence-electron chi connectivity index (χ2n) is 6.23. The molecule has 23 heavy (non-hydrogen) atoms. The first kappa shape index (κ1) is 19.9. The summed E-state index contributed by atoms with van der Waals surface area (Å²) in [6.45, 7) is 3.63. The molecule has 0 spiro atoms. The van der Waals surface area contributed by atoms with Crippen molar-refractivity contribution in [3.05, 3.63) is 47.5 Å². The predicted octanol–water partition coefficient (Wildman–Crippen LogP) is 5.78. The van der Waals surface area contributed by atoms with E-state index in [0.717, 1.165) is 17.5 Å². The Kier molecular flexibility index (Phi) is 12.5. The van der Waals surface area contributed by atoms with Crippen LogP contribution in [-0.2, 0) is 18.0 Å². The van der Waals surface area contributed by atoms with Crippen molar-refractivity contribution < 1.29 is 9.84 Å². The highest BCUT2D eigenvalue weighted by molar-refractivity contribution is 5.22. The molecular weight excluding hydrogens is 284 g/mol. The molecule has 1 N–H and O–H groups in total. The quantitative estimate of drug-likeness (QED) is 0.348. The summed E-state index contributed by atoms with van der Waals surface area (Å²) in [5.74, 6) is 0. The first-order chi connectivity index (χ1) is 11.4. The molecule has 0 saturated heterocycles. The largest absolute Gasteiger partial charge is 0.392 e. The minimum absolute atomic E-state index is 0.0896. The highest BCUT2D eigenvalue weighted by Gasteiger charge is 1.95. The van der Waals surface area contributed by atoms with Gasteiger partial charge in [0.25, 0.3) is 0 Å². The summed E-state index contributed by atoms with van der Waals surface area (Å²) in [6.07, 6.45) is 16.5. The molecule has 0 radical (unpaired) electrons. The molecule has 0 aliphatic heterocycles. The molecule has 0 amide bonds. The lowest BCUT2D eigenvalue weighted by atomic mass is 10.1. The lowest BCUT2D eigenvalue weighted by Gasteiger charge is -2.03. The maximum atomic E-state index is 9.09. The average molecular weight is 319 g/mol. The van der Waals surface area contributed by atoms with E-state index in [1.165, 1.54) is 51.4 Å². The average Bonchev–Trinajstić information content (AvgIpc) is 2.59. The van der Waals surface area contributed by atoms with Gasteiger partial charge in [-0.3, -0.25) is 0 Å². The summed E-state index contributed by atoms with van der Waals surface area (Å²) < 4.78 is 5.63. The summed E-state index contributed by atoms with van der Waals surface area (Å²) in [6, 6.07) is 7.91. The molecule has 0 saturated carbocycles. The van der Waals surface area contributed by atoms with Crippen molar-refractivity contribution in [3.8, 4) is 0 Å². The zero-order valence-corrected chi connectivity index (χ0v) is 14.8. The van der Waals surface area contributed by atoms with Crippen molar-refractivity contribution in [2.45, 2.75) is 77.9 Å². The van der Waals surface area contributed by atoms with Crippen LogP contribution in [0.25, 0.3) is 0 Å². The topological polar surface area (TPSA) is 29.5 Å². The number of hydrogen-bond acceptors (Lipinski definition) is 2. The van der Waals surface area contributed by atoms with Crippen LogP contribution >= 0.6 is 0 Å². The SMILES string of the molecule is CCCCCCCCCC/C=C/COCc1cccc(CO)c1. The van der Waals surface area contributed by atoms with Gasteiger partial charge in [-0.2, -0.15) is 0 Å². The fourth-order valence-electron chi connectivity index (χ4n) is 2.64. The standard InChI is InChI=1S/C21H34O2/c1-2-3-4-5-6-7-8-9-10-11-12-16-23-19-21-15-13-14-20(17-21)18-22/h11-15,17,22H,2-10,16,18-19H2,1H3/b12-11+. The van der Waals surface area contributed by atoms with Crippen LogP contribution in [0.15, 0.2) is 36.4 Å². The van der Waals surface area contributed by atoms with E-state index in [-0.39, 0.29) is 6.61 Å². The molecule has 0 aliphatic rings. The van der Waals surface area contributed by atoms with Crippen molar-refractivity contribution in [1.82, 2.24) is 0 Å². The minimum atomic E-state index is 0.0896. The molecule has 0 heterocycles. The lowest BCUT2D eigenvalue weighted by molar-refractivity contribution is 0.148. The first-order valence-corrected chi connectivity index (χ1v) is 9.28. The van der Waals surface area contributed by atoms with Crippen molar-refractivity contribution in [2.24, 2.45) is 0 Å². The van der Waals surface area contributed by atoms with Crippen LogP contribution in [0.5, 0.6) is 0 Å². The molecule has 0 unspecified atom stereocenters. The second-order valence-corrected chi connectivity index (χ2v) is 6.23. The zero-order valence-electron chi connectivity index (χ0n) is 14.8. The van der Waals surface area contributed by atoms with Gasteiger partial charge in [0.05, 0.1) is 19.8 Å². The van der Waals surface area contributed by atoms with E-state index >= 15 is 0 Å². The predicted molar refractivity (Wildman–Crippen MR) is 98.4 cm³/mol. The number of ether oxygens (including phenoxy) is 1. The number of rotatable bonds is 14. The molecule has 0 bridgehead atoms. The number of benzene rings is 1. The third-order valence-corrected chi connectivity index (χ3v) is 4.05. The van der Waals surface area contributed by atoms with E-state index < -0.39 is 0 Å². The molecule has 2 heteroatoms. The van der Waals surface area contributed by atoms with Gasteiger partial charge in [0.2, 0.25) is 0 Å². The number of hydrogen-bond donors (Lipinski definition) is 1. The maximum absolute atomic E-state index is 9.09. The Morgan fingerprint density at radius 2 is 1.61 bits per heavy atom. The van der Waals surface area contributed by atoms with Gasteiger partial charge in [-0.15, -0.1) is 0 Å². The molecular formula is C21H34O2. The molecule has 0 fully saturated rings. The van der Waals surface area contributed by atoms with Crippen molar-refractivity contribution >= 4 is 0 Å². The van der Waals surface area contributed by atoms with Crippen LogP contribution in [0.1, 0.15) is 75.8 Å². The smallest absolute Gasteiger partial charge is 0.0721 e. The molecule has 1 rings (SSSR count). The third-order valence-electron chi connectivity index (χ3n) is 4.05. The molecule has 2 nitrogen and oxygen atoms in total. The Bertz CT molecular complexity index is 412. The van der Waals surface area contributed by atoms with Crippen molar-refractivity contribution in [2.75, 3.05) is 6.61 Å². The van der Waals surface area contributed by atoms with E-state index in [1.54, 1.807) is 0 Å². The summed E-state index contributed by atoms with van der Waals surface area (Å²) >= 11 is 0. The normalized spacial score (nSPS) is 11.4. The highest BCUT2D eigenvalue weighted by Crippen LogP contribution is 2.10. The molecule has 0 atom stereocenters. The van der Waals surface area contributed by atoms with E-state index in [4.69, 9.17) is 9.84 Å². The summed E-state index contributed by atoms with van der Waals surface area (Å²) in [5, 5.41) is 9.09. The van der Waals surface area contributed by atoms with Crippen molar-refractivity contribution in [3.63, 3.8) is 0 Å². The van der Waals surface area contributed by atoms with Crippen LogP contribution < -0.4 is 0 Å². The maximum Gasteiger partial charge on any atom is 0.0721 e. The van der Waals surface area contributed by atoms with Crippen LogP contribution in [-0.4, -0.2) is 11.7 Å². The third kappa shape index (κ3) is 11.1. The van der Waals surface area contributed by atoms with Crippen LogP contribution in [0.4, 0.5) is 0 Å². The Balaban J connectivity index is 1.92. The van der Waals surface area contributed by atoms with Crippen LogP contribution in [0.3, 0.4) is 0 Å². The molecule has 1 aromatic rings. The number of aliphatic hydroxyl groups excluding tert-OH is 1. The summed E-state index contributed by atoms with van der Waals surface area (Å²) in [4.78, 5) is 0. The lowest BCUT2D eigenvalue weighted by Crippen LogP contribution is -1.94. The molecule has 0 aliphatic carbocycles. The minimum Gasteiger partial charge on any atom is -0.392 e. The van der Waals surface area contributed by atoms with Gasteiger partial charge in [0, 0.05) is 0 Å². The Morgan fingerprint density at radius 1 is 0.913 bits per heavy atom. The van der Waals surface area contributed by atoms with E-state index in [0.29, 0.717) is 13.2 Å². The van der Waals surface area contributed by atoms with Gasteiger partial charge in [-0.05, 0) is 24.0 Å². The van der Waals surface area contributed by atoms with E-state index in [1.807, 2.05) is 24.3 Å². The molecule has 130 valence electrons. The summed E-state index contributed by atoms with van der Waals surface area (Å²) in [7, 11) is 0. The van der Waals surface area contributed by atoms with Crippen LogP contribution in [0.2, 0.25) is 0 Å². The van der Waals surface area contributed by atoms with Crippen LogP contribution in [0, 0.1) is 0 Å². The van der Waals surface area contributed by atoms with Gasteiger partial charge in [-0.25, -0.2) is 0 Å². The Labute approximate surface area is 142 Å². The zero-order chi connectivity index (χ0) is 16.6.